The lowest BCUT2D eigenvalue weighted by Gasteiger charge is -2.13. The lowest BCUT2D eigenvalue weighted by molar-refractivity contribution is -0.143. The van der Waals surface area contributed by atoms with Gasteiger partial charge in [-0.1, -0.05) is 32.0 Å². The highest BCUT2D eigenvalue weighted by Crippen LogP contribution is 2.33. The molecule has 1 N–H and O–H groups in total. The van der Waals surface area contributed by atoms with Crippen molar-refractivity contribution in [3.63, 3.8) is 0 Å². The van der Waals surface area contributed by atoms with E-state index in [9.17, 15) is 13.2 Å². The smallest absolute Gasteiger partial charge is 0.312 e. The van der Waals surface area contributed by atoms with Crippen molar-refractivity contribution in [3.05, 3.63) is 47.8 Å². The fourth-order valence-electron chi connectivity index (χ4n) is 2.07. The second kappa shape index (κ2) is 6.30. The van der Waals surface area contributed by atoms with E-state index >= 15 is 0 Å². The number of aromatic nitrogens is 2. The molecule has 114 valence electrons. The van der Waals surface area contributed by atoms with Gasteiger partial charge >= 0.3 is 6.18 Å². The quantitative estimate of drug-likeness (QED) is 0.913. The number of benzene rings is 1. The Morgan fingerprint density at radius 1 is 1.19 bits per heavy atom. The number of hydrogen-bond donors (Lipinski definition) is 1. The van der Waals surface area contributed by atoms with Gasteiger partial charge in [-0.2, -0.15) is 18.3 Å². The lowest BCUT2D eigenvalue weighted by atomic mass is 10.2. The van der Waals surface area contributed by atoms with Crippen LogP contribution in [0.2, 0.25) is 0 Å². The van der Waals surface area contributed by atoms with E-state index in [2.05, 4.69) is 10.4 Å². The molecule has 0 amide bonds. The Balaban J connectivity index is 2.33. The molecule has 1 aromatic heterocycles. The van der Waals surface area contributed by atoms with Gasteiger partial charge in [-0.25, -0.2) is 4.68 Å². The third-order valence-corrected chi connectivity index (χ3v) is 2.98. The first-order chi connectivity index (χ1) is 9.89. The van der Waals surface area contributed by atoms with Gasteiger partial charge in [0.05, 0.1) is 11.9 Å². The first-order valence-corrected chi connectivity index (χ1v) is 6.80. The molecule has 1 heterocycles. The minimum absolute atomic E-state index is 0.153. The molecule has 2 aromatic rings. The van der Waals surface area contributed by atoms with Crippen LogP contribution in [0.4, 0.5) is 13.2 Å². The van der Waals surface area contributed by atoms with E-state index in [0.29, 0.717) is 18.2 Å². The summed E-state index contributed by atoms with van der Waals surface area (Å²) < 4.78 is 40.9. The summed E-state index contributed by atoms with van der Waals surface area (Å²) in [6.45, 7) is 4.82. The molecule has 0 atom stereocenters. The van der Waals surface area contributed by atoms with Gasteiger partial charge in [0, 0.05) is 12.1 Å². The molecular weight excluding hydrogens is 279 g/mol. The molecular formula is C15H18F3N3. The van der Waals surface area contributed by atoms with Crippen molar-refractivity contribution < 1.29 is 13.2 Å². The number of para-hydroxylation sites is 1. The number of rotatable bonds is 5. The highest BCUT2D eigenvalue weighted by Gasteiger charge is 2.38. The molecule has 0 aliphatic heterocycles. The molecule has 21 heavy (non-hydrogen) atoms. The maximum Gasteiger partial charge on any atom is 0.433 e. The second-order valence-electron chi connectivity index (χ2n) is 5.29. The molecule has 0 saturated carbocycles. The average molecular weight is 297 g/mol. The number of hydrogen-bond acceptors (Lipinski definition) is 2. The van der Waals surface area contributed by atoms with Crippen molar-refractivity contribution in [1.82, 2.24) is 15.1 Å². The maximum atomic E-state index is 13.3. The van der Waals surface area contributed by atoms with Gasteiger partial charge in [-0.15, -0.1) is 0 Å². The summed E-state index contributed by atoms with van der Waals surface area (Å²) in [6, 6.07) is 8.34. The first kappa shape index (κ1) is 15.6. The van der Waals surface area contributed by atoms with Crippen LogP contribution in [0.1, 0.15) is 25.1 Å². The van der Waals surface area contributed by atoms with Crippen LogP contribution in [0.25, 0.3) is 5.69 Å². The standard InChI is InChI=1S/C15H18F3N3/c1-11(2)8-19-9-12-10-20-21(14(12)15(16,17)18)13-6-4-3-5-7-13/h3-7,10-11,19H,8-9H2,1-2H3. The minimum atomic E-state index is -4.44. The maximum absolute atomic E-state index is 13.3. The Hall–Kier alpha value is -1.82. The predicted octanol–water partition coefficient (Wildman–Crippen LogP) is 3.64. The van der Waals surface area contributed by atoms with Crippen molar-refractivity contribution in [3.8, 4) is 5.69 Å². The second-order valence-corrected chi connectivity index (χ2v) is 5.29. The fraction of sp³-hybridized carbons (Fsp3) is 0.400. The number of alkyl halides is 3. The zero-order valence-electron chi connectivity index (χ0n) is 12.0. The van der Waals surface area contributed by atoms with Crippen LogP contribution in [0.3, 0.4) is 0 Å². The van der Waals surface area contributed by atoms with Crippen LogP contribution in [0.5, 0.6) is 0 Å². The Labute approximate surface area is 121 Å². The van der Waals surface area contributed by atoms with Crippen molar-refractivity contribution in [1.29, 1.82) is 0 Å². The van der Waals surface area contributed by atoms with Crippen LogP contribution in [0, 0.1) is 5.92 Å². The number of nitrogens with zero attached hydrogens (tertiary/aromatic N) is 2. The van der Waals surface area contributed by atoms with Gasteiger partial charge in [-0.3, -0.25) is 0 Å². The van der Waals surface area contributed by atoms with E-state index in [1.165, 1.54) is 6.20 Å². The van der Waals surface area contributed by atoms with Gasteiger partial charge in [0.2, 0.25) is 0 Å². The molecule has 0 unspecified atom stereocenters. The Kier molecular flexibility index (Phi) is 4.67. The summed E-state index contributed by atoms with van der Waals surface area (Å²) in [4.78, 5) is 0. The molecule has 0 radical (unpaired) electrons. The SMILES string of the molecule is CC(C)CNCc1cnn(-c2ccccc2)c1C(F)(F)F. The molecule has 6 heteroatoms. The van der Waals surface area contributed by atoms with E-state index in [1.54, 1.807) is 30.3 Å². The Morgan fingerprint density at radius 3 is 2.43 bits per heavy atom. The largest absolute Gasteiger partial charge is 0.433 e. The molecule has 2 rings (SSSR count). The molecule has 3 nitrogen and oxygen atoms in total. The predicted molar refractivity (Wildman–Crippen MR) is 75.1 cm³/mol. The molecule has 0 spiro atoms. The third-order valence-electron chi connectivity index (χ3n) is 2.98. The van der Waals surface area contributed by atoms with E-state index < -0.39 is 11.9 Å². The third kappa shape index (κ3) is 3.85. The van der Waals surface area contributed by atoms with Crippen molar-refractivity contribution >= 4 is 0 Å². The van der Waals surface area contributed by atoms with E-state index in [4.69, 9.17) is 0 Å². The highest BCUT2D eigenvalue weighted by atomic mass is 19.4. The topological polar surface area (TPSA) is 29.9 Å². The molecule has 0 aliphatic rings. The average Bonchev–Trinajstić information content (AvgIpc) is 2.83. The summed E-state index contributed by atoms with van der Waals surface area (Å²) >= 11 is 0. The van der Waals surface area contributed by atoms with E-state index in [-0.39, 0.29) is 12.1 Å². The Morgan fingerprint density at radius 2 is 1.86 bits per heavy atom. The normalized spacial score (nSPS) is 12.1. The van der Waals surface area contributed by atoms with Crippen LogP contribution >= 0.6 is 0 Å². The number of halogens is 3. The van der Waals surface area contributed by atoms with Gasteiger partial charge < -0.3 is 5.32 Å². The van der Waals surface area contributed by atoms with Gasteiger partial charge in [0.15, 0.2) is 5.69 Å². The van der Waals surface area contributed by atoms with Crippen molar-refractivity contribution in [2.75, 3.05) is 6.54 Å². The van der Waals surface area contributed by atoms with Gasteiger partial charge in [0.25, 0.3) is 0 Å². The first-order valence-electron chi connectivity index (χ1n) is 6.80. The summed E-state index contributed by atoms with van der Waals surface area (Å²) in [6.07, 6.45) is -3.16. The summed E-state index contributed by atoms with van der Waals surface area (Å²) in [5.41, 5.74) is -0.156. The molecule has 0 bridgehead atoms. The molecule has 0 aliphatic carbocycles. The Bertz CT molecular complexity index is 574. The molecule has 1 aromatic carbocycles. The number of nitrogens with one attached hydrogen (secondary N) is 1. The lowest BCUT2D eigenvalue weighted by Crippen LogP contribution is -2.22. The van der Waals surface area contributed by atoms with Crippen molar-refractivity contribution in [2.24, 2.45) is 5.92 Å². The molecule has 0 fully saturated rings. The minimum Gasteiger partial charge on any atom is -0.312 e. The fourth-order valence-corrected chi connectivity index (χ4v) is 2.07. The van der Waals surface area contributed by atoms with Crippen molar-refractivity contribution in [2.45, 2.75) is 26.6 Å². The summed E-state index contributed by atoms with van der Waals surface area (Å²) in [5, 5.41) is 6.93. The van der Waals surface area contributed by atoms with E-state index in [1.807, 2.05) is 13.8 Å². The monoisotopic (exact) mass is 297 g/mol. The van der Waals surface area contributed by atoms with Crippen LogP contribution < -0.4 is 5.32 Å². The van der Waals surface area contributed by atoms with E-state index in [0.717, 1.165) is 4.68 Å². The van der Waals surface area contributed by atoms with Gasteiger partial charge in [0.1, 0.15) is 0 Å². The van der Waals surface area contributed by atoms with Gasteiger partial charge in [-0.05, 0) is 24.6 Å². The zero-order chi connectivity index (χ0) is 15.5. The summed E-state index contributed by atoms with van der Waals surface area (Å²) in [5.74, 6) is 0.378. The van der Waals surface area contributed by atoms with Crippen LogP contribution in [0.15, 0.2) is 36.5 Å². The summed E-state index contributed by atoms with van der Waals surface area (Å²) in [7, 11) is 0. The van der Waals surface area contributed by atoms with Crippen LogP contribution in [-0.2, 0) is 12.7 Å². The van der Waals surface area contributed by atoms with Crippen LogP contribution in [-0.4, -0.2) is 16.3 Å². The highest BCUT2D eigenvalue weighted by molar-refractivity contribution is 5.36. The molecule has 0 saturated heterocycles. The zero-order valence-corrected chi connectivity index (χ0v) is 12.0.